The summed E-state index contributed by atoms with van der Waals surface area (Å²) in [7, 11) is 0. The quantitative estimate of drug-likeness (QED) is 0.865. The first-order chi connectivity index (χ1) is 9.86. The molecule has 3 heterocycles. The van der Waals surface area contributed by atoms with Crippen molar-refractivity contribution in [2.24, 2.45) is 0 Å². The SMILES string of the molecule is O=C(c1cc[nH]n1)C(c1ccncc1)N1CCCCC1. The van der Waals surface area contributed by atoms with Crippen molar-refractivity contribution in [3.05, 3.63) is 48.0 Å². The number of carbonyl (C=O) groups excluding carboxylic acids is 1. The van der Waals surface area contributed by atoms with Crippen molar-refractivity contribution in [3.8, 4) is 0 Å². The van der Waals surface area contributed by atoms with Gasteiger partial charge in [0.2, 0.25) is 5.78 Å². The lowest BCUT2D eigenvalue weighted by Crippen LogP contribution is -2.38. The number of ketones is 1. The van der Waals surface area contributed by atoms with Crippen molar-refractivity contribution >= 4 is 5.78 Å². The Morgan fingerprint density at radius 1 is 1.15 bits per heavy atom. The zero-order valence-corrected chi connectivity index (χ0v) is 11.3. The van der Waals surface area contributed by atoms with Crippen molar-refractivity contribution in [1.82, 2.24) is 20.1 Å². The fraction of sp³-hybridized carbons (Fsp3) is 0.400. The minimum Gasteiger partial charge on any atom is -0.290 e. The summed E-state index contributed by atoms with van der Waals surface area (Å²) in [6, 6.07) is 5.33. The summed E-state index contributed by atoms with van der Waals surface area (Å²) in [6.45, 7) is 1.92. The van der Waals surface area contributed by atoms with Crippen molar-refractivity contribution in [3.63, 3.8) is 0 Å². The highest BCUT2D eigenvalue weighted by Crippen LogP contribution is 2.27. The van der Waals surface area contributed by atoms with E-state index in [0.717, 1.165) is 31.5 Å². The van der Waals surface area contributed by atoms with Crippen LogP contribution in [0.1, 0.15) is 41.4 Å². The molecule has 1 atom stereocenters. The molecule has 0 amide bonds. The number of nitrogens with zero attached hydrogens (tertiary/aromatic N) is 3. The molecule has 5 nitrogen and oxygen atoms in total. The lowest BCUT2D eigenvalue weighted by Gasteiger charge is -2.33. The van der Waals surface area contributed by atoms with Gasteiger partial charge >= 0.3 is 0 Å². The van der Waals surface area contributed by atoms with E-state index in [1.54, 1.807) is 24.7 Å². The van der Waals surface area contributed by atoms with Crippen LogP contribution in [0.15, 0.2) is 36.8 Å². The first-order valence-electron chi connectivity index (χ1n) is 7.04. The number of Topliss-reactive ketones (excluding diaryl/α,β-unsaturated/α-hetero) is 1. The first-order valence-corrected chi connectivity index (χ1v) is 7.04. The molecule has 1 fully saturated rings. The molecule has 104 valence electrons. The Morgan fingerprint density at radius 3 is 2.55 bits per heavy atom. The lowest BCUT2D eigenvalue weighted by molar-refractivity contribution is 0.0777. The Balaban J connectivity index is 1.92. The van der Waals surface area contributed by atoms with Gasteiger partial charge < -0.3 is 0 Å². The van der Waals surface area contributed by atoms with Crippen molar-refractivity contribution < 1.29 is 4.79 Å². The highest BCUT2D eigenvalue weighted by Gasteiger charge is 2.30. The summed E-state index contributed by atoms with van der Waals surface area (Å²) in [5.74, 6) is 0.0550. The number of piperidine rings is 1. The van der Waals surface area contributed by atoms with Gasteiger partial charge in [0.25, 0.3) is 0 Å². The van der Waals surface area contributed by atoms with Gasteiger partial charge in [0.05, 0.1) is 0 Å². The number of pyridine rings is 1. The van der Waals surface area contributed by atoms with Crippen LogP contribution in [0.4, 0.5) is 0 Å². The summed E-state index contributed by atoms with van der Waals surface area (Å²) in [5, 5.41) is 6.76. The van der Waals surface area contributed by atoms with E-state index in [4.69, 9.17) is 0 Å². The molecule has 1 N–H and O–H groups in total. The van der Waals surface area contributed by atoms with Crippen LogP contribution >= 0.6 is 0 Å². The predicted octanol–water partition coefficient (Wildman–Crippen LogP) is 2.21. The van der Waals surface area contributed by atoms with Gasteiger partial charge in [0.15, 0.2) is 0 Å². The number of rotatable bonds is 4. The Kier molecular flexibility index (Phi) is 3.87. The van der Waals surface area contributed by atoms with Crippen LogP contribution in [0.5, 0.6) is 0 Å². The zero-order chi connectivity index (χ0) is 13.8. The highest BCUT2D eigenvalue weighted by atomic mass is 16.1. The molecule has 20 heavy (non-hydrogen) atoms. The first kappa shape index (κ1) is 13.0. The third kappa shape index (κ3) is 2.63. The molecule has 2 aromatic heterocycles. The average molecular weight is 270 g/mol. The average Bonchev–Trinajstić information content (AvgIpc) is 3.04. The fourth-order valence-corrected chi connectivity index (χ4v) is 2.79. The van der Waals surface area contributed by atoms with E-state index in [2.05, 4.69) is 20.1 Å². The van der Waals surface area contributed by atoms with Gasteiger partial charge in [-0.15, -0.1) is 0 Å². The van der Waals surface area contributed by atoms with Crippen LogP contribution < -0.4 is 0 Å². The number of H-pyrrole nitrogens is 1. The molecular weight excluding hydrogens is 252 g/mol. The van der Waals surface area contributed by atoms with Crippen LogP contribution in [0.3, 0.4) is 0 Å². The normalized spacial score (nSPS) is 17.8. The van der Waals surface area contributed by atoms with E-state index in [1.165, 1.54) is 6.42 Å². The molecule has 3 rings (SSSR count). The second-order valence-corrected chi connectivity index (χ2v) is 5.10. The van der Waals surface area contributed by atoms with Gasteiger partial charge in [0, 0.05) is 18.6 Å². The second-order valence-electron chi connectivity index (χ2n) is 5.10. The number of aromatic nitrogens is 3. The van der Waals surface area contributed by atoms with Crippen LogP contribution in [0.25, 0.3) is 0 Å². The number of nitrogens with one attached hydrogen (secondary N) is 1. The molecule has 5 heteroatoms. The molecule has 0 saturated carbocycles. The summed E-state index contributed by atoms with van der Waals surface area (Å²) in [5.41, 5.74) is 1.49. The number of hydrogen-bond acceptors (Lipinski definition) is 4. The second kappa shape index (κ2) is 5.96. The molecule has 1 unspecified atom stereocenters. The summed E-state index contributed by atoms with van der Waals surface area (Å²) in [6.07, 6.45) is 8.71. The van der Waals surface area contributed by atoms with E-state index in [-0.39, 0.29) is 11.8 Å². The van der Waals surface area contributed by atoms with E-state index >= 15 is 0 Å². The maximum Gasteiger partial charge on any atom is 0.204 e. The Morgan fingerprint density at radius 2 is 1.90 bits per heavy atom. The third-order valence-corrected chi connectivity index (χ3v) is 3.78. The molecule has 0 aliphatic carbocycles. The third-order valence-electron chi connectivity index (χ3n) is 3.78. The lowest BCUT2D eigenvalue weighted by atomic mass is 9.97. The maximum absolute atomic E-state index is 12.8. The van der Waals surface area contributed by atoms with Gasteiger partial charge in [-0.25, -0.2) is 0 Å². The van der Waals surface area contributed by atoms with E-state index < -0.39 is 0 Å². The maximum atomic E-state index is 12.8. The van der Waals surface area contributed by atoms with E-state index in [1.807, 2.05) is 12.1 Å². The molecule has 1 saturated heterocycles. The van der Waals surface area contributed by atoms with Crippen LogP contribution in [-0.2, 0) is 0 Å². The molecule has 2 aromatic rings. The van der Waals surface area contributed by atoms with Gasteiger partial charge in [-0.2, -0.15) is 5.10 Å². The minimum atomic E-state index is -0.249. The largest absolute Gasteiger partial charge is 0.290 e. The van der Waals surface area contributed by atoms with Crippen molar-refractivity contribution in [2.45, 2.75) is 25.3 Å². The van der Waals surface area contributed by atoms with E-state index in [9.17, 15) is 4.79 Å². The Hall–Kier alpha value is -2.01. The van der Waals surface area contributed by atoms with E-state index in [0.29, 0.717) is 5.69 Å². The molecular formula is C15H18N4O. The molecule has 0 bridgehead atoms. The smallest absolute Gasteiger partial charge is 0.204 e. The highest BCUT2D eigenvalue weighted by molar-refractivity contribution is 5.99. The standard InChI is InChI=1S/C15H18N4O/c20-15(13-6-9-17-18-13)14(12-4-7-16-8-5-12)19-10-2-1-3-11-19/h4-9,14H,1-3,10-11H2,(H,17,18). The molecule has 0 spiro atoms. The molecule has 1 aliphatic rings. The monoisotopic (exact) mass is 270 g/mol. The number of aromatic amines is 1. The topological polar surface area (TPSA) is 61.9 Å². The fourth-order valence-electron chi connectivity index (χ4n) is 2.79. The Bertz CT molecular complexity index is 547. The number of carbonyl (C=O) groups is 1. The molecule has 0 radical (unpaired) electrons. The summed E-state index contributed by atoms with van der Waals surface area (Å²) >= 11 is 0. The van der Waals surface area contributed by atoms with Gasteiger partial charge in [0.1, 0.15) is 11.7 Å². The van der Waals surface area contributed by atoms with Gasteiger partial charge in [-0.1, -0.05) is 6.42 Å². The summed E-state index contributed by atoms with van der Waals surface area (Å²) in [4.78, 5) is 19.1. The number of likely N-dealkylation sites (tertiary alicyclic amines) is 1. The number of hydrogen-bond donors (Lipinski definition) is 1. The van der Waals surface area contributed by atoms with Crippen molar-refractivity contribution in [1.29, 1.82) is 0 Å². The molecule has 0 aromatic carbocycles. The van der Waals surface area contributed by atoms with Crippen LogP contribution in [-0.4, -0.2) is 39.0 Å². The summed E-state index contributed by atoms with van der Waals surface area (Å²) < 4.78 is 0. The van der Waals surface area contributed by atoms with Crippen molar-refractivity contribution in [2.75, 3.05) is 13.1 Å². The molecule has 1 aliphatic heterocycles. The van der Waals surface area contributed by atoms with Crippen LogP contribution in [0.2, 0.25) is 0 Å². The zero-order valence-electron chi connectivity index (χ0n) is 11.3. The Labute approximate surface area is 118 Å². The van der Waals surface area contributed by atoms with Crippen LogP contribution in [0, 0.1) is 0 Å². The van der Waals surface area contributed by atoms with Gasteiger partial charge in [-0.05, 0) is 49.7 Å². The van der Waals surface area contributed by atoms with Gasteiger partial charge in [-0.3, -0.25) is 19.8 Å². The predicted molar refractivity (Wildman–Crippen MR) is 75.3 cm³/mol. The minimum absolute atomic E-state index is 0.0550.